The summed E-state index contributed by atoms with van der Waals surface area (Å²) in [5.74, 6) is -1.40. The van der Waals surface area contributed by atoms with Crippen LogP contribution < -0.4 is 0 Å². The molecule has 9 heteroatoms. The third-order valence-electron chi connectivity index (χ3n) is 2.01. The van der Waals surface area contributed by atoms with Gasteiger partial charge in [-0.15, -0.1) is 0 Å². The van der Waals surface area contributed by atoms with Crippen molar-refractivity contribution >= 4 is 21.9 Å². The summed E-state index contributed by atoms with van der Waals surface area (Å²) >= 11 is 2.68. The molecule has 3 nitrogen and oxygen atoms in total. The number of halogens is 6. The van der Waals surface area contributed by atoms with Gasteiger partial charge in [0.05, 0.1) is 12.2 Å². The summed E-state index contributed by atoms with van der Waals surface area (Å²) in [7, 11) is 0. The van der Waals surface area contributed by atoms with Crippen molar-refractivity contribution in [1.29, 1.82) is 0 Å². The molecule has 1 heterocycles. The molecule has 0 aliphatic carbocycles. The molecule has 0 aromatic carbocycles. The Morgan fingerprint density at radius 1 is 1.47 bits per heavy atom. The van der Waals surface area contributed by atoms with Crippen molar-refractivity contribution in [1.82, 2.24) is 4.98 Å². The van der Waals surface area contributed by atoms with Crippen LogP contribution >= 0.6 is 15.9 Å². The number of aromatic nitrogens is 1. The lowest BCUT2D eigenvalue weighted by Gasteiger charge is -2.16. The maximum absolute atomic E-state index is 12.8. The average molecular weight is 348 g/mol. The third-order valence-corrected chi connectivity index (χ3v) is 2.41. The monoisotopic (exact) mass is 347 g/mol. The predicted molar refractivity (Wildman–Crippen MR) is 57.9 cm³/mol. The van der Waals surface area contributed by atoms with Crippen LogP contribution in [0.25, 0.3) is 0 Å². The molecule has 0 saturated carbocycles. The Labute approximate surface area is 112 Å². The van der Waals surface area contributed by atoms with E-state index in [1.54, 1.807) is 0 Å². The molecule has 19 heavy (non-hydrogen) atoms. The summed E-state index contributed by atoms with van der Waals surface area (Å²) in [5.41, 5.74) is -4.28. The first kappa shape index (κ1) is 15.8. The van der Waals surface area contributed by atoms with Crippen LogP contribution in [-0.4, -0.2) is 17.6 Å². The first-order chi connectivity index (χ1) is 8.68. The van der Waals surface area contributed by atoms with E-state index in [0.29, 0.717) is 6.07 Å². The highest BCUT2D eigenvalue weighted by Crippen LogP contribution is 2.39. The second kappa shape index (κ2) is 5.81. The van der Waals surface area contributed by atoms with E-state index in [9.17, 15) is 26.7 Å². The van der Waals surface area contributed by atoms with Crippen molar-refractivity contribution in [3.8, 4) is 0 Å². The molecule has 1 aromatic rings. The molecule has 106 valence electrons. The zero-order valence-corrected chi connectivity index (χ0v) is 11.0. The molecule has 0 amide bonds. The van der Waals surface area contributed by atoms with Crippen molar-refractivity contribution in [3.63, 3.8) is 0 Å². The van der Waals surface area contributed by atoms with E-state index < -0.39 is 35.4 Å². The Morgan fingerprint density at radius 2 is 2.05 bits per heavy atom. The summed E-state index contributed by atoms with van der Waals surface area (Å²) in [6, 6.07) is 0.524. The Balaban J connectivity index is 3.56. The van der Waals surface area contributed by atoms with Crippen molar-refractivity contribution in [2.45, 2.75) is 19.5 Å². The molecule has 0 unspecified atom stereocenters. The van der Waals surface area contributed by atoms with Crippen LogP contribution in [0.4, 0.5) is 22.0 Å². The number of rotatable bonds is 3. The molecule has 0 N–H and O–H groups in total. The van der Waals surface area contributed by atoms with Gasteiger partial charge < -0.3 is 4.74 Å². The average Bonchev–Trinajstić information content (AvgIpc) is 2.26. The number of hydrogen-bond donors (Lipinski definition) is 0. The van der Waals surface area contributed by atoms with Crippen LogP contribution in [0, 0.1) is 0 Å². The smallest absolute Gasteiger partial charge is 0.419 e. The number of pyridine rings is 1. The summed E-state index contributed by atoms with van der Waals surface area (Å²) in [6.07, 6.45) is -8.54. The molecule has 1 aromatic heterocycles. The fraction of sp³-hybridized carbons (Fsp3) is 0.400. The number of alkyl halides is 5. The lowest BCUT2D eigenvalue weighted by atomic mass is 10.1. The molecule has 0 radical (unpaired) electrons. The topological polar surface area (TPSA) is 39.2 Å². The van der Waals surface area contributed by atoms with Gasteiger partial charge in [-0.05, 0) is 28.9 Å². The van der Waals surface area contributed by atoms with E-state index in [0.717, 1.165) is 0 Å². The normalized spacial score (nSPS) is 11.8. The van der Waals surface area contributed by atoms with Gasteiger partial charge in [0.1, 0.15) is 4.60 Å². The quantitative estimate of drug-likeness (QED) is 0.471. The van der Waals surface area contributed by atoms with Crippen molar-refractivity contribution in [2.24, 2.45) is 0 Å². The maximum atomic E-state index is 12.8. The van der Waals surface area contributed by atoms with E-state index in [2.05, 4.69) is 25.7 Å². The van der Waals surface area contributed by atoms with Gasteiger partial charge in [-0.3, -0.25) is 0 Å². The van der Waals surface area contributed by atoms with Crippen molar-refractivity contribution in [3.05, 3.63) is 27.5 Å². The third kappa shape index (κ3) is 3.62. The molecule has 0 fully saturated rings. The molecule has 0 bridgehead atoms. The lowest BCUT2D eigenvalue weighted by molar-refractivity contribution is -0.140. The minimum atomic E-state index is -5.14. The first-order valence-corrected chi connectivity index (χ1v) is 5.70. The van der Waals surface area contributed by atoms with Crippen molar-refractivity contribution < 1.29 is 31.5 Å². The summed E-state index contributed by atoms with van der Waals surface area (Å²) in [5, 5.41) is 0. The van der Waals surface area contributed by atoms with Crippen LogP contribution in [-0.2, 0) is 10.9 Å². The molecule has 0 saturated heterocycles. The maximum Gasteiger partial charge on any atom is 0.419 e. The summed E-state index contributed by atoms with van der Waals surface area (Å²) < 4.78 is 67.8. The van der Waals surface area contributed by atoms with Gasteiger partial charge in [0.2, 0.25) is 0 Å². The Bertz CT molecular complexity index is 490. The molecule has 0 atom stereocenters. The summed E-state index contributed by atoms with van der Waals surface area (Å²) in [6.45, 7) is 1.17. The number of esters is 1. The molecular formula is C10H7BrF5NO2. The number of hydrogen-bond acceptors (Lipinski definition) is 3. The van der Waals surface area contributed by atoms with Crippen LogP contribution in [0.5, 0.6) is 0 Å². The highest BCUT2D eigenvalue weighted by atomic mass is 79.9. The largest absolute Gasteiger partial charge is 0.461 e. The lowest BCUT2D eigenvalue weighted by Crippen LogP contribution is -2.20. The number of carbonyl (C=O) groups excluding carboxylic acids is 1. The van der Waals surface area contributed by atoms with Gasteiger partial charge in [0.15, 0.2) is 5.69 Å². The minimum absolute atomic E-state index is 0.200. The molecule has 0 aliphatic rings. The van der Waals surface area contributed by atoms with E-state index >= 15 is 0 Å². The van der Waals surface area contributed by atoms with Gasteiger partial charge in [-0.1, -0.05) is 0 Å². The predicted octanol–water partition coefficient (Wildman–Crippen LogP) is 3.98. The first-order valence-electron chi connectivity index (χ1n) is 4.91. The summed E-state index contributed by atoms with van der Waals surface area (Å²) in [4.78, 5) is 14.7. The number of ether oxygens (including phenoxy) is 1. The van der Waals surface area contributed by atoms with Gasteiger partial charge in [-0.25, -0.2) is 18.6 Å². The standard InChI is InChI=1S/C10H7BrF5NO2/c1-2-19-9(18)7-6(10(14,15)16)4(8(12)13)3-5(11)17-7/h3,8H,2H2,1H3. The van der Waals surface area contributed by atoms with E-state index in [1.807, 2.05) is 0 Å². The van der Waals surface area contributed by atoms with Crippen LogP contribution in [0.15, 0.2) is 10.7 Å². The second-order valence-corrected chi connectivity index (χ2v) is 4.09. The van der Waals surface area contributed by atoms with Crippen LogP contribution in [0.3, 0.4) is 0 Å². The highest BCUT2D eigenvalue weighted by molar-refractivity contribution is 9.10. The molecule has 0 aliphatic heterocycles. The molecular weight excluding hydrogens is 341 g/mol. The fourth-order valence-electron chi connectivity index (χ4n) is 1.35. The SMILES string of the molecule is CCOC(=O)c1nc(Br)cc(C(F)F)c1C(F)(F)F. The Kier molecular flexibility index (Phi) is 4.83. The van der Waals surface area contributed by atoms with Gasteiger partial charge >= 0.3 is 12.1 Å². The second-order valence-electron chi connectivity index (χ2n) is 3.28. The Morgan fingerprint density at radius 3 is 2.47 bits per heavy atom. The van der Waals surface area contributed by atoms with E-state index in [1.165, 1.54) is 6.92 Å². The number of carbonyl (C=O) groups is 1. The fourth-order valence-corrected chi connectivity index (χ4v) is 1.77. The van der Waals surface area contributed by atoms with Gasteiger partial charge in [-0.2, -0.15) is 13.2 Å². The van der Waals surface area contributed by atoms with E-state index in [4.69, 9.17) is 0 Å². The Hall–Kier alpha value is -1.25. The van der Waals surface area contributed by atoms with Crippen LogP contribution in [0.1, 0.15) is 35.0 Å². The zero-order chi connectivity index (χ0) is 14.8. The van der Waals surface area contributed by atoms with Gasteiger partial charge in [0, 0.05) is 5.56 Å². The molecule has 0 spiro atoms. The molecule has 1 rings (SSSR count). The van der Waals surface area contributed by atoms with E-state index in [-0.39, 0.29) is 11.2 Å². The van der Waals surface area contributed by atoms with Gasteiger partial charge in [0.25, 0.3) is 6.43 Å². The zero-order valence-electron chi connectivity index (χ0n) is 9.39. The van der Waals surface area contributed by atoms with Crippen LogP contribution in [0.2, 0.25) is 0 Å². The minimum Gasteiger partial charge on any atom is -0.461 e. The highest BCUT2D eigenvalue weighted by Gasteiger charge is 2.41. The van der Waals surface area contributed by atoms with Crippen molar-refractivity contribution in [2.75, 3.05) is 6.61 Å². The number of nitrogens with zero attached hydrogens (tertiary/aromatic N) is 1.